The van der Waals surface area contributed by atoms with Crippen molar-refractivity contribution in [3.63, 3.8) is 0 Å². The van der Waals surface area contributed by atoms with Gasteiger partial charge in [-0.2, -0.15) is 0 Å². The third-order valence-corrected chi connectivity index (χ3v) is 23.4. The Morgan fingerprint density at radius 1 is 0.301 bits per heavy atom. The molecule has 16 nitrogen and oxygen atoms in total. The Morgan fingerprint density at radius 2 is 0.626 bits per heavy atom. The molecule has 0 aromatic heterocycles. The Morgan fingerprint density at radius 3 is 0.984 bits per heavy atom. The van der Waals surface area contributed by atoms with Gasteiger partial charge in [-0.25, -0.2) is 4.79 Å². The fourth-order valence-corrected chi connectivity index (χ4v) is 18.6. The van der Waals surface area contributed by atoms with Gasteiger partial charge in [0.2, 0.25) is 0 Å². The quantitative estimate of drug-likeness (QED) is 0.0793. The smallest absolute Gasteiger partial charge is 0.497 e. The Balaban J connectivity index is 0.000000141. The predicted octanol–water partition coefficient (Wildman–Crippen LogP) is 27.3. The zero-order valence-electron chi connectivity index (χ0n) is 70.4. The van der Waals surface area contributed by atoms with Crippen LogP contribution in [0.1, 0.15) is 96.0 Å². The van der Waals surface area contributed by atoms with Crippen LogP contribution < -0.4 is 56.8 Å². The first-order valence-electron chi connectivity index (χ1n) is 39.5. The minimum absolute atomic E-state index is 0. The van der Waals surface area contributed by atoms with Crippen molar-refractivity contribution in [2.24, 2.45) is 0 Å². The number of hydrogen-bond donors (Lipinski definition) is 0. The molecule has 626 valence electrons. The van der Waals surface area contributed by atoms with E-state index < -0.39 is 11.8 Å². The molecule has 0 bridgehead atoms. The Hall–Kier alpha value is -12.6. The first-order valence-corrected chi connectivity index (χ1v) is 41.7. The van der Waals surface area contributed by atoms with Gasteiger partial charge in [-0.15, -0.1) is 0 Å². The SMILES string of the molecule is C.COC.COC(=O)OC(C)(C)C.COc1ccc2ccc(OC)c(C3c4cc(I)cc(I)c4Oc4ccc5ccc(OC)cc5c43)c2c1.COc1ccc2ccc(OC)c(C3c4ccc(-c5ccccc5)cc4Oc4ccc5ccc(OC)cc5c43)c2c1.COc1ccc2ccc(OC)c(C3c4ccccc4Oc4ccc5ccc(OC)cc5c43)c2c1. The molecule has 0 N–H and O–H groups in total. The molecule has 0 fully saturated rings. The molecule has 3 aliphatic heterocycles. The van der Waals surface area contributed by atoms with E-state index in [1.54, 1.807) is 99.0 Å². The van der Waals surface area contributed by atoms with E-state index in [1.165, 1.54) is 7.11 Å². The first-order chi connectivity index (χ1) is 59.3. The van der Waals surface area contributed by atoms with Gasteiger partial charge in [-0.3, -0.25) is 0 Å². The third kappa shape index (κ3) is 17.5. The van der Waals surface area contributed by atoms with Crippen LogP contribution in [-0.4, -0.2) is 97.1 Å². The number of benzene rings is 16. The van der Waals surface area contributed by atoms with Gasteiger partial charge in [0.1, 0.15) is 91.8 Å². The maximum Gasteiger partial charge on any atom is 0.508 e. The molecule has 3 atom stereocenters. The Bertz CT molecular complexity index is 6600. The van der Waals surface area contributed by atoms with Crippen molar-refractivity contribution in [3.05, 3.63) is 324 Å². The number of fused-ring (bicyclic) bond motifs is 15. The fraction of sp³-hybridized carbons (Fsp3) is 0.190. The van der Waals surface area contributed by atoms with Crippen molar-refractivity contribution in [3.8, 4) is 97.4 Å². The summed E-state index contributed by atoms with van der Waals surface area (Å²) in [5.74, 6) is 12.0. The highest BCUT2D eigenvalue weighted by atomic mass is 127. The van der Waals surface area contributed by atoms with Crippen LogP contribution in [0.2, 0.25) is 0 Å². The highest BCUT2D eigenvalue weighted by molar-refractivity contribution is 14.1. The van der Waals surface area contributed by atoms with E-state index in [9.17, 15) is 4.79 Å². The van der Waals surface area contributed by atoms with Crippen molar-refractivity contribution in [1.29, 1.82) is 0 Å². The normalized spacial score (nSPS) is 13.5. The van der Waals surface area contributed by atoms with Gasteiger partial charge in [0.05, 0.1) is 74.7 Å². The molecule has 3 unspecified atom stereocenters. The second kappa shape index (κ2) is 37.8. The standard InChI is InChI=1S/C36H28O4.C30H22I2O4.C30H24O4.C6H12O3.C2H6O.CH4/c1-37-26-14-9-23-12-17-31(39-3)34(29(23)20-26)36-28-16-11-25(22-7-5-4-6-8-22)19-33(28)40-32-18-13-24-10-15-27(38-2)21-30(24)35(32)36;1-33-19-8-4-16-6-10-25(35-3)27(21(16)14-19)29-23-12-18(31)13-24(32)30(23)36-26-11-7-17-5-9-20(34-2)15-22(17)28(26)29;1-31-20-12-8-18-10-14-26(33-3)28(23(18)16-20)30-22-6-4-5-7-25(22)34-27-15-11-19-9-13-21(32-2)17-24(19)29(27)30;1-6(2,3)9-5(7)8-4;1-3-2;/h4-21,36H,1-3H3;4-15,29H,1-3H3;4-17,30H,1-3H3;1-4H3;1-2H3;1H4. The van der Waals surface area contributed by atoms with Crippen molar-refractivity contribution in [2.45, 2.75) is 51.6 Å². The van der Waals surface area contributed by atoms with Crippen LogP contribution in [0, 0.1) is 7.14 Å². The van der Waals surface area contributed by atoms with Crippen molar-refractivity contribution in [2.75, 3.05) is 85.3 Å². The van der Waals surface area contributed by atoms with Gasteiger partial charge in [-0.1, -0.05) is 141 Å². The van der Waals surface area contributed by atoms with Crippen LogP contribution in [0.25, 0.3) is 75.8 Å². The topological polar surface area (TPSA) is 156 Å². The predicted molar refractivity (Wildman–Crippen MR) is 509 cm³/mol. The second-order valence-corrected chi connectivity index (χ2v) is 32.6. The highest BCUT2D eigenvalue weighted by Gasteiger charge is 2.39. The van der Waals surface area contributed by atoms with Crippen LogP contribution in [0.5, 0.6) is 86.2 Å². The van der Waals surface area contributed by atoms with Crippen molar-refractivity contribution >= 4 is 116 Å². The summed E-state index contributed by atoms with van der Waals surface area (Å²) < 4.78 is 87.0. The number of halogens is 2. The summed E-state index contributed by atoms with van der Waals surface area (Å²) in [6.45, 7) is 5.35. The molecule has 16 aromatic rings. The molecule has 0 aliphatic carbocycles. The Kier molecular flexibility index (Phi) is 26.6. The molecule has 16 aromatic carbocycles. The minimum Gasteiger partial charge on any atom is -0.497 e. The molecular weight excluding hydrogens is 1770 g/mol. The molecule has 19 rings (SSSR count). The lowest BCUT2D eigenvalue weighted by molar-refractivity contribution is 0.00338. The van der Waals surface area contributed by atoms with Gasteiger partial charge in [-0.05, 0) is 275 Å². The maximum atomic E-state index is 10.4. The lowest BCUT2D eigenvalue weighted by atomic mass is 9.78. The lowest BCUT2D eigenvalue weighted by Crippen LogP contribution is -2.23. The van der Waals surface area contributed by atoms with Crippen molar-refractivity contribution < 1.29 is 75.8 Å². The molecule has 18 heteroatoms. The van der Waals surface area contributed by atoms with Crippen LogP contribution in [-0.2, 0) is 14.2 Å². The van der Waals surface area contributed by atoms with Crippen LogP contribution >= 0.6 is 45.2 Å². The molecule has 0 spiro atoms. The first kappa shape index (κ1) is 86.7. The van der Waals surface area contributed by atoms with E-state index in [1.807, 2.05) is 60.7 Å². The monoisotopic (exact) mass is 1870 g/mol. The largest absolute Gasteiger partial charge is 0.508 e. The van der Waals surface area contributed by atoms with Crippen LogP contribution in [0.3, 0.4) is 0 Å². The summed E-state index contributed by atoms with van der Waals surface area (Å²) in [5, 5.41) is 13.3. The molecule has 0 amide bonds. The van der Waals surface area contributed by atoms with E-state index in [0.29, 0.717) is 0 Å². The average Bonchev–Trinajstić information content (AvgIpc) is 0.731. The summed E-state index contributed by atoms with van der Waals surface area (Å²) in [7, 11) is 19.9. The fourth-order valence-electron chi connectivity index (χ4n) is 16.6. The number of methoxy groups -OCH3 is 11. The number of carbonyl (C=O) groups excluding carboxylic acids is 1. The number of carbonyl (C=O) groups is 1. The van der Waals surface area contributed by atoms with E-state index in [0.717, 1.165) is 219 Å². The number of hydrogen-bond acceptors (Lipinski definition) is 16. The summed E-state index contributed by atoms with van der Waals surface area (Å²) in [6, 6.07) is 91.7. The summed E-state index contributed by atoms with van der Waals surface area (Å²) in [6.07, 6.45) is -0.637. The average molecular weight is 1870 g/mol. The second-order valence-electron chi connectivity index (χ2n) is 30.1. The number of rotatable bonds is 13. The van der Waals surface area contributed by atoms with Gasteiger partial charge < -0.3 is 71.1 Å². The highest BCUT2D eigenvalue weighted by Crippen LogP contribution is 2.59. The van der Waals surface area contributed by atoms with Gasteiger partial charge in [0, 0.05) is 85.6 Å². The summed E-state index contributed by atoms with van der Waals surface area (Å²) >= 11 is 4.76. The molecule has 3 aliphatic rings. The molecule has 0 saturated carbocycles. The zero-order chi connectivity index (χ0) is 85.6. The van der Waals surface area contributed by atoms with E-state index >= 15 is 0 Å². The molecule has 0 saturated heterocycles. The van der Waals surface area contributed by atoms with E-state index in [4.69, 9.17) is 61.6 Å². The van der Waals surface area contributed by atoms with E-state index in [2.05, 4.69) is 261 Å². The van der Waals surface area contributed by atoms with Gasteiger partial charge >= 0.3 is 6.16 Å². The Labute approximate surface area is 744 Å². The number of para-hydroxylation sites is 1. The zero-order valence-corrected chi connectivity index (χ0v) is 74.7. The molecular formula is C105H96I2O16. The number of ether oxygens (including phenoxy) is 15. The summed E-state index contributed by atoms with van der Waals surface area (Å²) in [5.41, 5.74) is 11.6. The molecule has 0 radical (unpaired) electrons. The van der Waals surface area contributed by atoms with Crippen LogP contribution in [0.15, 0.2) is 267 Å². The summed E-state index contributed by atoms with van der Waals surface area (Å²) in [4.78, 5) is 10.4. The van der Waals surface area contributed by atoms with Crippen molar-refractivity contribution in [1.82, 2.24) is 0 Å². The molecule has 3 heterocycles. The van der Waals surface area contributed by atoms with Gasteiger partial charge in [0.25, 0.3) is 0 Å². The van der Waals surface area contributed by atoms with Crippen LogP contribution in [0.4, 0.5) is 4.79 Å². The third-order valence-electron chi connectivity index (χ3n) is 22.0. The van der Waals surface area contributed by atoms with E-state index in [-0.39, 0.29) is 25.2 Å². The minimum atomic E-state index is -0.637. The lowest BCUT2D eigenvalue weighted by Gasteiger charge is -2.32. The molecule has 123 heavy (non-hydrogen) atoms. The maximum absolute atomic E-state index is 10.4. The van der Waals surface area contributed by atoms with Gasteiger partial charge in [0.15, 0.2) is 0 Å².